The summed E-state index contributed by atoms with van der Waals surface area (Å²) in [4.78, 5) is 7.02. The molecule has 49 heavy (non-hydrogen) atoms. The topological polar surface area (TPSA) is 21.1 Å². The Hall–Kier alpha value is -6.23. The number of hydrogen-bond donors (Lipinski definition) is 0. The van der Waals surface area contributed by atoms with E-state index >= 15 is 0 Å². The largest absolute Gasteiger partial charge is 0.310 e. The maximum absolute atomic E-state index is 4.62. The number of fused-ring (bicyclic) bond motifs is 7. The highest BCUT2D eigenvalue weighted by Gasteiger charge is 2.19. The van der Waals surface area contributed by atoms with Gasteiger partial charge in [0.1, 0.15) is 0 Å². The van der Waals surface area contributed by atoms with E-state index in [4.69, 9.17) is 0 Å². The number of hydrogen-bond acceptors (Lipinski definition) is 3. The summed E-state index contributed by atoms with van der Waals surface area (Å²) in [5.41, 5.74) is 10.3. The normalized spacial score (nSPS) is 11.7. The van der Waals surface area contributed by atoms with E-state index in [9.17, 15) is 0 Å². The molecule has 0 atom stereocenters. The summed E-state index contributed by atoms with van der Waals surface area (Å²) in [5, 5.41) is 6.15. The van der Waals surface area contributed by atoms with Gasteiger partial charge >= 0.3 is 0 Å². The van der Waals surface area contributed by atoms with Crippen molar-refractivity contribution < 1.29 is 0 Å². The molecule has 230 valence electrons. The molecule has 0 amide bonds. The van der Waals surface area contributed by atoms with Gasteiger partial charge in [0.2, 0.25) is 0 Å². The van der Waals surface area contributed by atoms with Gasteiger partial charge in [0, 0.05) is 65.3 Å². The van der Waals surface area contributed by atoms with Crippen LogP contribution in [0.15, 0.2) is 176 Å². The van der Waals surface area contributed by atoms with Gasteiger partial charge in [0.15, 0.2) is 0 Å². The molecule has 0 aliphatic heterocycles. The molecule has 3 nitrogen and oxygen atoms in total. The van der Waals surface area contributed by atoms with Crippen molar-refractivity contribution in [3.05, 3.63) is 176 Å². The van der Waals surface area contributed by atoms with Crippen LogP contribution >= 0.6 is 11.3 Å². The standard InChI is InChI=1S/C45H29N3S/c1-3-10-30(11-4-1)31-17-19-34(20-18-31)47(36-22-24-44-40(28-36)39-26-32-12-9-25-46-41(32)29-45(39)49-44)35-21-23-43-38(27-35)37-15-7-8-16-42(37)48(43)33-13-5-2-6-14-33/h1-29H. The Balaban J connectivity index is 1.19. The third-order valence-corrected chi connectivity index (χ3v) is 10.7. The van der Waals surface area contributed by atoms with Gasteiger partial charge in [-0.15, -0.1) is 11.3 Å². The minimum Gasteiger partial charge on any atom is -0.310 e. The number of anilines is 3. The summed E-state index contributed by atoms with van der Waals surface area (Å²) in [5.74, 6) is 0. The molecule has 0 fully saturated rings. The lowest BCUT2D eigenvalue weighted by atomic mass is 10.0. The van der Waals surface area contributed by atoms with Crippen molar-refractivity contribution in [3.63, 3.8) is 0 Å². The number of pyridine rings is 1. The van der Waals surface area contributed by atoms with Crippen LogP contribution in [0.2, 0.25) is 0 Å². The molecule has 0 saturated heterocycles. The summed E-state index contributed by atoms with van der Waals surface area (Å²) in [6.07, 6.45) is 1.87. The molecule has 3 aromatic heterocycles. The molecule has 10 rings (SSSR count). The second kappa shape index (κ2) is 11.2. The molecule has 3 heterocycles. The van der Waals surface area contributed by atoms with E-state index in [2.05, 4.69) is 178 Å². The SMILES string of the molecule is c1ccc(-c2ccc(N(c3ccc4sc5cc6ncccc6cc5c4c3)c3ccc4c(c3)c3ccccc3n4-c3ccccc3)cc2)cc1. The van der Waals surface area contributed by atoms with E-state index in [-0.39, 0.29) is 0 Å². The number of thiophene rings is 1. The molecular formula is C45H29N3S. The van der Waals surface area contributed by atoms with Crippen LogP contribution in [0.1, 0.15) is 0 Å². The van der Waals surface area contributed by atoms with Gasteiger partial charge in [-0.1, -0.05) is 84.9 Å². The molecule has 0 unspecified atom stereocenters. The van der Waals surface area contributed by atoms with Gasteiger partial charge < -0.3 is 9.47 Å². The average Bonchev–Trinajstić information content (AvgIpc) is 3.69. The zero-order valence-corrected chi connectivity index (χ0v) is 27.3. The lowest BCUT2D eigenvalue weighted by Gasteiger charge is -2.26. The van der Waals surface area contributed by atoms with E-state index in [0.717, 1.165) is 33.7 Å². The second-order valence-corrected chi connectivity index (χ2v) is 13.5. The monoisotopic (exact) mass is 643 g/mol. The fourth-order valence-electron chi connectivity index (χ4n) is 7.31. The predicted octanol–water partition coefficient (Wildman–Crippen LogP) is 12.8. The minimum atomic E-state index is 1.03. The second-order valence-electron chi connectivity index (χ2n) is 12.5. The Labute approximate surface area is 287 Å². The fraction of sp³-hybridized carbons (Fsp3) is 0. The highest BCUT2D eigenvalue weighted by Crippen LogP contribution is 2.43. The van der Waals surface area contributed by atoms with Crippen LogP contribution in [0.4, 0.5) is 17.1 Å². The third-order valence-electron chi connectivity index (χ3n) is 9.60. The van der Waals surface area contributed by atoms with Gasteiger partial charge in [-0.25, -0.2) is 0 Å². The Morgan fingerprint density at radius 1 is 0.449 bits per heavy atom. The highest BCUT2D eigenvalue weighted by molar-refractivity contribution is 7.25. The van der Waals surface area contributed by atoms with Crippen molar-refractivity contribution in [2.45, 2.75) is 0 Å². The van der Waals surface area contributed by atoms with E-state index in [1.807, 2.05) is 23.6 Å². The molecule has 0 bridgehead atoms. The van der Waals surface area contributed by atoms with E-state index < -0.39 is 0 Å². The first kappa shape index (κ1) is 27.8. The van der Waals surface area contributed by atoms with Crippen LogP contribution in [0.5, 0.6) is 0 Å². The molecule has 0 aliphatic carbocycles. The van der Waals surface area contributed by atoms with E-state index in [1.54, 1.807) is 0 Å². The molecule has 0 N–H and O–H groups in total. The summed E-state index contributed by atoms with van der Waals surface area (Å²) in [6.45, 7) is 0. The average molecular weight is 644 g/mol. The van der Waals surface area contributed by atoms with Crippen molar-refractivity contribution in [3.8, 4) is 16.8 Å². The summed E-state index contributed by atoms with van der Waals surface area (Å²) in [6, 6.07) is 61.4. The van der Waals surface area contributed by atoms with Crippen molar-refractivity contribution in [2.24, 2.45) is 0 Å². The smallest absolute Gasteiger partial charge is 0.0716 e. The zero-order chi connectivity index (χ0) is 32.3. The van der Waals surface area contributed by atoms with Gasteiger partial charge in [-0.3, -0.25) is 4.98 Å². The molecular weight excluding hydrogens is 615 g/mol. The predicted molar refractivity (Wildman–Crippen MR) is 209 cm³/mol. The number of rotatable bonds is 5. The summed E-state index contributed by atoms with van der Waals surface area (Å²) in [7, 11) is 0. The Bertz CT molecular complexity index is 2820. The van der Waals surface area contributed by atoms with Crippen molar-refractivity contribution >= 4 is 81.3 Å². The maximum Gasteiger partial charge on any atom is 0.0716 e. The quantitative estimate of drug-likeness (QED) is 0.186. The number of para-hydroxylation sites is 2. The number of benzene rings is 7. The summed E-state index contributed by atoms with van der Waals surface area (Å²) < 4.78 is 4.90. The maximum atomic E-state index is 4.62. The third kappa shape index (κ3) is 4.61. The molecule has 10 aromatic rings. The van der Waals surface area contributed by atoms with Gasteiger partial charge in [0.25, 0.3) is 0 Å². The van der Waals surface area contributed by atoms with E-state index in [0.29, 0.717) is 0 Å². The van der Waals surface area contributed by atoms with Gasteiger partial charge in [-0.05, 0) is 96.1 Å². The zero-order valence-electron chi connectivity index (χ0n) is 26.5. The number of aromatic nitrogens is 2. The Morgan fingerprint density at radius 3 is 1.94 bits per heavy atom. The fourth-order valence-corrected chi connectivity index (χ4v) is 8.41. The van der Waals surface area contributed by atoms with Crippen molar-refractivity contribution in [1.82, 2.24) is 9.55 Å². The Morgan fingerprint density at radius 2 is 1.10 bits per heavy atom. The lowest BCUT2D eigenvalue weighted by Crippen LogP contribution is -2.09. The molecule has 7 aromatic carbocycles. The van der Waals surface area contributed by atoms with Crippen molar-refractivity contribution in [2.75, 3.05) is 4.90 Å². The highest BCUT2D eigenvalue weighted by atomic mass is 32.1. The van der Waals surface area contributed by atoms with Gasteiger partial charge in [0.05, 0.1) is 16.6 Å². The minimum absolute atomic E-state index is 1.03. The molecule has 0 aliphatic rings. The van der Waals surface area contributed by atoms with Crippen LogP contribution in [-0.2, 0) is 0 Å². The summed E-state index contributed by atoms with van der Waals surface area (Å²) >= 11 is 1.83. The molecule has 0 saturated carbocycles. The first-order chi connectivity index (χ1) is 24.3. The molecule has 0 radical (unpaired) electrons. The van der Waals surface area contributed by atoms with Crippen LogP contribution in [0.3, 0.4) is 0 Å². The molecule has 4 heteroatoms. The Kier molecular flexibility index (Phi) is 6.36. The van der Waals surface area contributed by atoms with Crippen molar-refractivity contribution in [1.29, 1.82) is 0 Å². The van der Waals surface area contributed by atoms with Gasteiger partial charge in [-0.2, -0.15) is 0 Å². The number of nitrogens with zero attached hydrogens (tertiary/aromatic N) is 3. The molecule has 0 spiro atoms. The van der Waals surface area contributed by atoms with Crippen LogP contribution in [0, 0.1) is 0 Å². The van der Waals surface area contributed by atoms with Crippen LogP contribution in [-0.4, -0.2) is 9.55 Å². The lowest BCUT2D eigenvalue weighted by molar-refractivity contribution is 1.18. The first-order valence-electron chi connectivity index (χ1n) is 16.5. The first-order valence-corrected chi connectivity index (χ1v) is 17.4. The van der Waals surface area contributed by atoms with Crippen LogP contribution in [0.25, 0.3) is 69.7 Å². The van der Waals surface area contributed by atoms with Crippen LogP contribution < -0.4 is 4.90 Å². The van der Waals surface area contributed by atoms with E-state index in [1.165, 1.54) is 53.1 Å².